The molecule has 0 N–H and O–H groups in total. The van der Waals surface area contributed by atoms with Gasteiger partial charge in [-0.15, -0.1) is 0 Å². The summed E-state index contributed by atoms with van der Waals surface area (Å²) >= 11 is 6.65. The van der Waals surface area contributed by atoms with Crippen LogP contribution in [-0.4, -0.2) is 70.7 Å². The first-order chi connectivity index (χ1) is 20.5. The van der Waals surface area contributed by atoms with Gasteiger partial charge in [0.2, 0.25) is 5.91 Å². The number of hydrogen-bond donors (Lipinski definition) is 0. The topological polar surface area (TPSA) is 101 Å². The molecule has 1 atom stereocenters. The molecule has 1 saturated heterocycles. The normalized spacial score (nSPS) is 18.6. The van der Waals surface area contributed by atoms with Gasteiger partial charge < -0.3 is 24.0 Å². The van der Waals surface area contributed by atoms with Crippen molar-refractivity contribution in [2.45, 2.75) is 44.2 Å². The summed E-state index contributed by atoms with van der Waals surface area (Å²) < 4.78 is 10.8. The third kappa shape index (κ3) is 5.04. The fraction of sp³-hybridized carbons (Fsp3) is 0.387. The van der Waals surface area contributed by atoms with Crippen LogP contribution in [0.1, 0.15) is 48.2 Å². The van der Waals surface area contributed by atoms with Gasteiger partial charge in [0, 0.05) is 67.4 Å². The molecular weight excluding hydrogens is 554 g/mol. The van der Waals surface area contributed by atoms with Crippen molar-refractivity contribution in [2.24, 2.45) is 0 Å². The number of carbonyl (C=O) groups is 1. The Morgan fingerprint density at radius 3 is 2.76 bits per heavy atom. The summed E-state index contributed by atoms with van der Waals surface area (Å²) in [4.78, 5) is 33.3. The Labute approximate surface area is 248 Å². The number of carbonyl (C=O) groups excluding carboxylic acids is 1. The van der Waals surface area contributed by atoms with E-state index in [0.717, 1.165) is 76.6 Å². The van der Waals surface area contributed by atoms with Crippen molar-refractivity contribution in [1.82, 2.24) is 25.0 Å². The van der Waals surface area contributed by atoms with Crippen LogP contribution in [0.2, 0.25) is 5.02 Å². The van der Waals surface area contributed by atoms with Crippen molar-refractivity contribution >= 4 is 45.9 Å². The van der Waals surface area contributed by atoms with Crippen molar-refractivity contribution in [3.63, 3.8) is 0 Å². The van der Waals surface area contributed by atoms with E-state index in [9.17, 15) is 4.79 Å². The van der Waals surface area contributed by atoms with E-state index in [1.807, 2.05) is 24.1 Å². The second kappa shape index (κ2) is 10.9. The summed E-state index contributed by atoms with van der Waals surface area (Å²) in [5.74, 6) is 2.31. The minimum atomic E-state index is -0.0660. The zero-order valence-electron chi connectivity index (χ0n) is 23.7. The van der Waals surface area contributed by atoms with Gasteiger partial charge in [0.1, 0.15) is 5.82 Å². The molecule has 1 saturated carbocycles. The third-order valence-electron chi connectivity index (χ3n) is 8.50. The molecule has 1 unspecified atom stereocenters. The number of fused-ring (bicyclic) bond motifs is 2. The summed E-state index contributed by atoms with van der Waals surface area (Å²) in [6.07, 6.45) is 6.95. The van der Waals surface area contributed by atoms with Crippen LogP contribution in [0.15, 0.2) is 47.0 Å². The standard InChI is InChI=1S/C31H32ClN7O3/c1-37(21-13-15-39(17-21)27(40)12-11-26-34-29(36-42-26)20-9-10-20)30-22-14-16-38(18-24(22)33-31(35-30)41-2)25-8-4-6-19-5-3-7-23(32)28(19)25/h3-8,11-12,20-21H,9-10,13-18H2,1-2H3/b12-11+. The lowest BCUT2D eigenvalue weighted by Gasteiger charge is -2.34. The molecule has 216 valence electrons. The van der Waals surface area contributed by atoms with Gasteiger partial charge in [-0.1, -0.05) is 41.0 Å². The lowest BCUT2D eigenvalue weighted by molar-refractivity contribution is -0.124. The number of halogens is 1. The predicted octanol–water partition coefficient (Wildman–Crippen LogP) is 4.87. The van der Waals surface area contributed by atoms with Gasteiger partial charge in [-0.25, -0.2) is 0 Å². The van der Waals surface area contributed by atoms with Gasteiger partial charge in [-0.05, 0) is 43.2 Å². The molecule has 2 aromatic carbocycles. The molecular formula is C31H32ClN7O3. The average molecular weight is 586 g/mol. The number of benzene rings is 2. The van der Waals surface area contributed by atoms with E-state index >= 15 is 0 Å². The summed E-state index contributed by atoms with van der Waals surface area (Å²) in [5.41, 5.74) is 3.16. The van der Waals surface area contributed by atoms with E-state index < -0.39 is 0 Å². The molecule has 2 fully saturated rings. The van der Waals surface area contributed by atoms with E-state index in [-0.39, 0.29) is 11.9 Å². The van der Waals surface area contributed by atoms with Crippen molar-refractivity contribution < 1.29 is 14.1 Å². The number of likely N-dealkylation sites (tertiary alicyclic amines) is 1. The van der Waals surface area contributed by atoms with Crippen LogP contribution in [0.4, 0.5) is 11.5 Å². The number of anilines is 2. The zero-order valence-corrected chi connectivity index (χ0v) is 24.4. The van der Waals surface area contributed by atoms with Crippen LogP contribution in [0.3, 0.4) is 0 Å². The fourth-order valence-corrected chi connectivity index (χ4v) is 6.30. The Morgan fingerprint density at radius 1 is 1.12 bits per heavy atom. The van der Waals surface area contributed by atoms with Gasteiger partial charge in [-0.2, -0.15) is 15.0 Å². The summed E-state index contributed by atoms with van der Waals surface area (Å²) in [6, 6.07) is 12.7. The molecule has 11 heteroatoms. The van der Waals surface area contributed by atoms with Gasteiger partial charge in [0.25, 0.3) is 5.89 Å². The predicted molar refractivity (Wildman–Crippen MR) is 161 cm³/mol. The first kappa shape index (κ1) is 26.7. The van der Waals surface area contributed by atoms with E-state index in [1.165, 1.54) is 6.08 Å². The Morgan fingerprint density at radius 2 is 1.95 bits per heavy atom. The highest BCUT2D eigenvalue weighted by molar-refractivity contribution is 6.36. The second-order valence-electron chi connectivity index (χ2n) is 11.2. The molecule has 3 aliphatic rings. The molecule has 42 heavy (non-hydrogen) atoms. The smallest absolute Gasteiger partial charge is 0.318 e. The number of amides is 1. The Bertz CT molecular complexity index is 1680. The first-order valence-corrected chi connectivity index (χ1v) is 14.8. The van der Waals surface area contributed by atoms with Crippen molar-refractivity contribution in [1.29, 1.82) is 0 Å². The first-order valence-electron chi connectivity index (χ1n) is 14.4. The van der Waals surface area contributed by atoms with Crippen LogP contribution < -0.4 is 14.5 Å². The second-order valence-corrected chi connectivity index (χ2v) is 11.6. The molecule has 0 bridgehead atoms. The molecule has 2 aliphatic heterocycles. The number of aromatic nitrogens is 4. The highest BCUT2D eigenvalue weighted by Gasteiger charge is 2.33. The van der Waals surface area contributed by atoms with E-state index in [2.05, 4.69) is 44.2 Å². The quantitative estimate of drug-likeness (QED) is 0.281. The van der Waals surface area contributed by atoms with Gasteiger partial charge in [-0.3, -0.25) is 4.79 Å². The van der Waals surface area contributed by atoms with Gasteiger partial charge in [0.05, 0.1) is 24.4 Å². The summed E-state index contributed by atoms with van der Waals surface area (Å²) in [6.45, 7) is 2.69. The lowest BCUT2D eigenvalue weighted by atomic mass is 10.0. The van der Waals surface area contributed by atoms with Crippen LogP contribution in [0.25, 0.3) is 16.8 Å². The molecule has 7 rings (SSSR count). The maximum absolute atomic E-state index is 13.0. The lowest BCUT2D eigenvalue weighted by Crippen LogP contribution is -2.39. The Hall–Kier alpha value is -4.18. The maximum atomic E-state index is 13.0. The van der Waals surface area contributed by atoms with Crippen LogP contribution in [0, 0.1) is 0 Å². The molecule has 10 nitrogen and oxygen atoms in total. The molecule has 4 heterocycles. The Balaban J connectivity index is 1.08. The number of rotatable bonds is 7. The van der Waals surface area contributed by atoms with E-state index in [4.69, 9.17) is 30.8 Å². The highest BCUT2D eigenvalue weighted by atomic mass is 35.5. The number of methoxy groups -OCH3 is 1. The molecule has 4 aromatic rings. The van der Waals surface area contributed by atoms with E-state index in [1.54, 1.807) is 13.2 Å². The average Bonchev–Trinajstić information content (AvgIpc) is 3.54. The van der Waals surface area contributed by atoms with Crippen LogP contribution in [-0.2, 0) is 17.8 Å². The summed E-state index contributed by atoms with van der Waals surface area (Å²) in [5, 5.41) is 6.92. The molecule has 0 spiro atoms. The highest BCUT2D eigenvalue weighted by Crippen LogP contribution is 2.39. The fourth-order valence-electron chi connectivity index (χ4n) is 6.02. The number of likely N-dealkylation sites (N-methyl/N-ethyl adjacent to an activating group) is 1. The number of nitrogens with zero attached hydrogens (tertiary/aromatic N) is 7. The minimum Gasteiger partial charge on any atom is -0.467 e. The zero-order chi connectivity index (χ0) is 28.8. The summed E-state index contributed by atoms with van der Waals surface area (Å²) in [7, 11) is 3.64. The molecule has 2 aromatic heterocycles. The number of ether oxygens (including phenoxy) is 1. The van der Waals surface area contributed by atoms with Gasteiger partial charge >= 0.3 is 6.01 Å². The van der Waals surface area contributed by atoms with Crippen molar-refractivity contribution in [2.75, 3.05) is 43.6 Å². The Kier molecular flexibility index (Phi) is 6.93. The van der Waals surface area contributed by atoms with E-state index in [0.29, 0.717) is 37.5 Å². The monoisotopic (exact) mass is 585 g/mol. The number of hydrogen-bond acceptors (Lipinski definition) is 9. The SMILES string of the molecule is COc1nc2c(c(N(C)C3CCN(C(=O)/C=C/c4nc(C5CC5)no4)C3)n1)CCN(c1cccc3cccc(Cl)c13)C2. The van der Waals surface area contributed by atoms with Crippen molar-refractivity contribution in [3.05, 3.63) is 70.5 Å². The molecule has 0 radical (unpaired) electrons. The largest absolute Gasteiger partial charge is 0.467 e. The maximum Gasteiger partial charge on any atom is 0.318 e. The van der Waals surface area contributed by atoms with Crippen LogP contribution >= 0.6 is 11.6 Å². The minimum absolute atomic E-state index is 0.0660. The van der Waals surface area contributed by atoms with Gasteiger partial charge in [0.15, 0.2) is 5.82 Å². The molecule has 1 aliphatic carbocycles. The molecule has 1 amide bonds. The van der Waals surface area contributed by atoms with Crippen molar-refractivity contribution in [3.8, 4) is 6.01 Å². The third-order valence-corrected chi connectivity index (χ3v) is 8.82. The van der Waals surface area contributed by atoms with Crippen LogP contribution in [0.5, 0.6) is 6.01 Å².